The van der Waals surface area contributed by atoms with E-state index in [-0.39, 0.29) is 6.10 Å². The molecule has 1 heterocycles. The molecule has 3 heteroatoms. The van der Waals surface area contributed by atoms with Gasteiger partial charge in [0.2, 0.25) is 0 Å². The van der Waals surface area contributed by atoms with Gasteiger partial charge < -0.3 is 14.6 Å². The van der Waals surface area contributed by atoms with Crippen LogP contribution in [0, 0.1) is 5.92 Å². The van der Waals surface area contributed by atoms with Gasteiger partial charge in [0.05, 0.1) is 11.7 Å². The van der Waals surface area contributed by atoms with Crippen LogP contribution in [-0.4, -0.2) is 36.1 Å². The average Bonchev–Trinajstić information content (AvgIpc) is 2.25. The van der Waals surface area contributed by atoms with Crippen molar-refractivity contribution >= 4 is 0 Å². The Bertz CT molecular complexity index is 215. The summed E-state index contributed by atoms with van der Waals surface area (Å²) >= 11 is 0. The lowest BCUT2D eigenvalue weighted by molar-refractivity contribution is -0.252. The molecular formula is C14H30O3. The molecule has 1 aliphatic rings. The molecule has 3 atom stereocenters. The van der Waals surface area contributed by atoms with Gasteiger partial charge in [-0.05, 0) is 26.2 Å². The van der Waals surface area contributed by atoms with Crippen molar-refractivity contribution < 1.29 is 14.6 Å². The SMILES string of the molecule is CC(C)C.CCC1(O)[C@H](C)OCC[C@@]1(C)OC. The van der Waals surface area contributed by atoms with Crippen LogP contribution in [0.2, 0.25) is 0 Å². The smallest absolute Gasteiger partial charge is 0.119 e. The third-order valence-corrected chi connectivity index (χ3v) is 3.52. The number of aliphatic hydroxyl groups is 1. The van der Waals surface area contributed by atoms with Crippen molar-refractivity contribution in [1.29, 1.82) is 0 Å². The van der Waals surface area contributed by atoms with Gasteiger partial charge in [0.25, 0.3) is 0 Å². The van der Waals surface area contributed by atoms with Crippen LogP contribution in [-0.2, 0) is 9.47 Å². The molecule has 0 aromatic rings. The average molecular weight is 246 g/mol. The van der Waals surface area contributed by atoms with E-state index < -0.39 is 11.2 Å². The summed E-state index contributed by atoms with van der Waals surface area (Å²) in [7, 11) is 1.65. The molecule has 0 bridgehead atoms. The fourth-order valence-electron chi connectivity index (χ4n) is 2.15. The maximum Gasteiger partial charge on any atom is 0.119 e. The Hall–Kier alpha value is -0.120. The maximum atomic E-state index is 10.4. The van der Waals surface area contributed by atoms with Crippen molar-refractivity contribution in [2.75, 3.05) is 13.7 Å². The van der Waals surface area contributed by atoms with E-state index >= 15 is 0 Å². The summed E-state index contributed by atoms with van der Waals surface area (Å²) < 4.78 is 10.9. The van der Waals surface area contributed by atoms with Gasteiger partial charge in [-0.1, -0.05) is 27.7 Å². The van der Waals surface area contributed by atoms with Gasteiger partial charge in [-0.3, -0.25) is 0 Å². The lowest BCUT2D eigenvalue weighted by Crippen LogP contribution is -2.63. The molecule has 0 amide bonds. The molecule has 1 fully saturated rings. The molecule has 1 saturated heterocycles. The molecule has 0 spiro atoms. The fraction of sp³-hybridized carbons (Fsp3) is 1.00. The van der Waals surface area contributed by atoms with E-state index in [0.717, 1.165) is 12.3 Å². The fourth-order valence-corrected chi connectivity index (χ4v) is 2.15. The molecule has 0 radical (unpaired) electrons. The zero-order valence-electron chi connectivity index (χ0n) is 12.5. The van der Waals surface area contributed by atoms with Crippen molar-refractivity contribution in [1.82, 2.24) is 0 Å². The number of hydrogen-bond acceptors (Lipinski definition) is 3. The molecule has 3 nitrogen and oxygen atoms in total. The second kappa shape index (κ2) is 6.72. The van der Waals surface area contributed by atoms with Crippen LogP contribution in [0.4, 0.5) is 0 Å². The van der Waals surface area contributed by atoms with Crippen LogP contribution >= 0.6 is 0 Å². The quantitative estimate of drug-likeness (QED) is 0.814. The van der Waals surface area contributed by atoms with E-state index in [2.05, 4.69) is 20.8 Å². The Morgan fingerprint density at radius 3 is 2.18 bits per heavy atom. The summed E-state index contributed by atoms with van der Waals surface area (Å²) in [5.41, 5.74) is -1.33. The first-order valence-corrected chi connectivity index (χ1v) is 6.62. The van der Waals surface area contributed by atoms with Gasteiger partial charge in [-0.25, -0.2) is 0 Å². The van der Waals surface area contributed by atoms with Gasteiger partial charge in [-0.2, -0.15) is 0 Å². The van der Waals surface area contributed by atoms with E-state index in [1.807, 2.05) is 20.8 Å². The summed E-state index contributed by atoms with van der Waals surface area (Å²) in [6.07, 6.45) is 1.24. The van der Waals surface area contributed by atoms with Crippen LogP contribution in [0.5, 0.6) is 0 Å². The first kappa shape index (κ1) is 16.9. The van der Waals surface area contributed by atoms with Crippen LogP contribution in [0.25, 0.3) is 0 Å². The van der Waals surface area contributed by atoms with E-state index in [1.165, 1.54) is 0 Å². The number of ether oxygens (including phenoxy) is 2. The monoisotopic (exact) mass is 246 g/mol. The molecule has 0 aromatic heterocycles. The number of methoxy groups -OCH3 is 1. The molecule has 1 rings (SSSR count). The summed E-state index contributed by atoms with van der Waals surface area (Å²) in [5, 5.41) is 10.4. The summed E-state index contributed by atoms with van der Waals surface area (Å²) in [6, 6.07) is 0. The Labute approximate surface area is 107 Å². The number of hydrogen-bond donors (Lipinski definition) is 1. The van der Waals surface area contributed by atoms with Crippen molar-refractivity contribution in [2.45, 2.75) is 71.7 Å². The van der Waals surface area contributed by atoms with Crippen LogP contribution < -0.4 is 0 Å². The zero-order chi connectivity index (χ0) is 13.7. The Kier molecular flexibility index (Phi) is 6.67. The zero-order valence-corrected chi connectivity index (χ0v) is 12.5. The molecule has 0 saturated carbocycles. The Balaban J connectivity index is 0.000000557. The summed E-state index contributed by atoms with van der Waals surface area (Å²) in [5.74, 6) is 0.833. The molecule has 1 unspecified atom stereocenters. The third kappa shape index (κ3) is 3.94. The Morgan fingerprint density at radius 2 is 1.88 bits per heavy atom. The predicted molar refractivity (Wildman–Crippen MR) is 71.2 cm³/mol. The minimum absolute atomic E-state index is 0.156. The number of rotatable bonds is 2. The van der Waals surface area contributed by atoms with Crippen LogP contribution in [0.1, 0.15) is 54.4 Å². The summed E-state index contributed by atoms with van der Waals surface area (Å²) in [6.45, 7) is 13.0. The van der Waals surface area contributed by atoms with Gasteiger partial charge in [0.1, 0.15) is 5.60 Å². The highest BCUT2D eigenvalue weighted by atomic mass is 16.5. The second-order valence-electron chi connectivity index (χ2n) is 5.71. The first-order valence-electron chi connectivity index (χ1n) is 6.62. The standard InChI is InChI=1S/C10H20O3.C4H10/c1-5-10(11)8(2)13-7-6-9(10,3)12-4;1-4(2)3/h8,11H,5-7H2,1-4H3;4H,1-3H3/t8-,9+,10?;/m0./s1. The van der Waals surface area contributed by atoms with Gasteiger partial charge in [0.15, 0.2) is 0 Å². The van der Waals surface area contributed by atoms with Crippen molar-refractivity contribution in [3.8, 4) is 0 Å². The predicted octanol–water partition coefficient (Wildman–Crippen LogP) is 3.00. The van der Waals surface area contributed by atoms with E-state index in [1.54, 1.807) is 7.11 Å². The first-order chi connectivity index (χ1) is 7.73. The lowest BCUT2D eigenvalue weighted by atomic mass is 9.74. The molecule has 17 heavy (non-hydrogen) atoms. The lowest BCUT2D eigenvalue weighted by Gasteiger charge is -2.50. The maximum absolute atomic E-state index is 10.4. The van der Waals surface area contributed by atoms with Crippen molar-refractivity contribution in [3.05, 3.63) is 0 Å². The molecule has 0 aliphatic carbocycles. The highest BCUT2D eigenvalue weighted by molar-refractivity contribution is 5.03. The van der Waals surface area contributed by atoms with E-state index in [0.29, 0.717) is 13.0 Å². The largest absolute Gasteiger partial charge is 0.384 e. The molecule has 1 N–H and O–H groups in total. The van der Waals surface area contributed by atoms with Crippen LogP contribution in [0.15, 0.2) is 0 Å². The van der Waals surface area contributed by atoms with Crippen molar-refractivity contribution in [3.63, 3.8) is 0 Å². The normalized spacial score (nSPS) is 37.6. The van der Waals surface area contributed by atoms with Crippen LogP contribution in [0.3, 0.4) is 0 Å². The molecular weight excluding hydrogens is 216 g/mol. The minimum atomic E-state index is -0.861. The highest BCUT2D eigenvalue weighted by Crippen LogP contribution is 2.39. The van der Waals surface area contributed by atoms with Crippen molar-refractivity contribution in [2.24, 2.45) is 5.92 Å². The van der Waals surface area contributed by atoms with Gasteiger partial charge >= 0.3 is 0 Å². The molecule has 1 aliphatic heterocycles. The minimum Gasteiger partial charge on any atom is -0.384 e. The highest BCUT2D eigenvalue weighted by Gasteiger charge is 2.52. The molecule has 104 valence electrons. The van der Waals surface area contributed by atoms with E-state index in [9.17, 15) is 5.11 Å². The second-order valence-corrected chi connectivity index (χ2v) is 5.71. The van der Waals surface area contributed by atoms with Gasteiger partial charge in [-0.15, -0.1) is 0 Å². The molecule has 0 aromatic carbocycles. The summed E-state index contributed by atoms with van der Waals surface area (Å²) in [4.78, 5) is 0. The topological polar surface area (TPSA) is 38.7 Å². The van der Waals surface area contributed by atoms with E-state index in [4.69, 9.17) is 9.47 Å². The third-order valence-electron chi connectivity index (χ3n) is 3.52. The Morgan fingerprint density at radius 1 is 1.41 bits per heavy atom. The van der Waals surface area contributed by atoms with Gasteiger partial charge in [0, 0.05) is 20.1 Å².